The third-order valence-corrected chi connectivity index (χ3v) is 1.92. The summed E-state index contributed by atoms with van der Waals surface area (Å²) < 4.78 is 26.3. The SMILES string of the molecule is CC(C)(C)c1ccc(N)c(F)c1F. The summed E-state index contributed by atoms with van der Waals surface area (Å²) in [5.74, 6) is -1.79. The second-order valence-electron chi connectivity index (χ2n) is 4.08. The van der Waals surface area contributed by atoms with E-state index in [0.29, 0.717) is 5.56 Å². The maximum Gasteiger partial charge on any atom is 0.181 e. The fraction of sp³-hybridized carbons (Fsp3) is 0.400. The van der Waals surface area contributed by atoms with Crippen LogP contribution in [0.2, 0.25) is 0 Å². The van der Waals surface area contributed by atoms with Crippen LogP contribution in [0.3, 0.4) is 0 Å². The van der Waals surface area contributed by atoms with Gasteiger partial charge < -0.3 is 5.73 Å². The van der Waals surface area contributed by atoms with Gasteiger partial charge in [-0.3, -0.25) is 0 Å². The minimum absolute atomic E-state index is 0.148. The van der Waals surface area contributed by atoms with Gasteiger partial charge in [-0.05, 0) is 17.0 Å². The van der Waals surface area contributed by atoms with Gasteiger partial charge in [0, 0.05) is 0 Å². The topological polar surface area (TPSA) is 26.0 Å². The first kappa shape index (κ1) is 9.96. The third-order valence-electron chi connectivity index (χ3n) is 1.92. The number of nitrogen functional groups attached to an aromatic ring is 1. The van der Waals surface area contributed by atoms with E-state index < -0.39 is 17.0 Å². The number of hydrogen-bond acceptors (Lipinski definition) is 1. The molecule has 0 heterocycles. The van der Waals surface area contributed by atoms with E-state index in [4.69, 9.17) is 5.73 Å². The van der Waals surface area contributed by atoms with Crippen molar-refractivity contribution in [2.45, 2.75) is 26.2 Å². The molecule has 0 saturated heterocycles. The largest absolute Gasteiger partial charge is 0.396 e. The second kappa shape index (κ2) is 2.98. The Balaban J connectivity index is 3.35. The maximum atomic E-state index is 13.3. The maximum absolute atomic E-state index is 13.3. The number of nitrogens with two attached hydrogens (primary N) is 1. The number of benzene rings is 1. The highest BCUT2D eigenvalue weighted by Crippen LogP contribution is 2.28. The van der Waals surface area contributed by atoms with Crippen molar-refractivity contribution in [3.8, 4) is 0 Å². The fourth-order valence-corrected chi connectivity index (χ4v) is 1.14. The van der Waals surface area contributed by atoms with Crippen molar-refractivity contribution < 1.29 is 8.78 Å². The van der Waals surface area contributed by atoms with Gasteiger partial charge in [-0.15, -0.1) is 0 Å². The molecule has 0 atom stereocenters. The smallest absolute Gasteiger partial charge is 0.181 e. The van der Waals surface area contributed by atoms with Crippen LogP contribution in [0.1, 0.15) is 26.3 Å². The number of halogens is 2. The van der Waals surface area contributed by atoms with Crippen molar-refractivity contribution in [3.63, 3.8) is 0 Å². The van der Waals surface area contributed by atoms with E-state index in [9.17, 15) is 8.78 Å². The summed E-state index contributed by atoms with van der Waals surface area (Å²) >= 11 is 0. The molecule has 0 aliphatic rings. The van der Waals surface area contributed by atoms with Gasteiger partial charge in [0.25, 0.3) is 0 Å². The van der Waals surface area contributed by atoms with Gasteiger partial charge in [0.1, 0.15) is 0 Å². The molecule has 0 unspecified atom stereocenters. The zero-order chi connectivity index (χ0) is 10.2. The lowest BCUT2D eigenvalue weighted by atomic mass is 9.86. The average molecular weight is 185 g/mol. The Hall–Kier alpha value is -1.12. The molecule has 0 saturated carbocycles. The van der Waals surface area contributed by atoms with E-state index in [1.54, 1.807) is 0 Å². The average Bonchev–Trinajstić information content (AvgIpc) is 1.98. The third kappa shape index (κ3) is 1.79. The molecule has 1 aromatic rings. The Morgan fingerprint density at radius 3 is 2.08 bits per heavy atom. The normalized spacial score (nSPS) is 11.8. The van der Waals surface area contributed by atoms with Gasteiger partial charge in [0.15, 0.2) is 11.6 Å². The van der Waals surface area contributed by atoms with Crippen LogP contribution in [0.15, 0.2) is 12.1 Å². The molecule has 0 fully saturated rings. The molecule has 0 aromatic heterocycles. The van der Waals surface area contributed by atoms with Crippen LogP contribution in [0, 0.1) is 11.6 Å². The summed E-state index contributed by atoms with van der Waals surface area (Å²) in [4.78, 5) is 0. The predicted molar refractivity (Wildman–Crippen MR) is 49.5 cm³/mol. The summed E-state index contributed by atoms with van der Waals surface area (Å²) in [6.45, 7) is 5.46. The minimum atomic E-state index is -0.951. The van der Waals surface area contributed by atoms with E-state index in [-0.39, 0.29) is 5.69 Å². The van der Waals surface area contributed by atoms with Crippen LogP contribution >= 0.6 is 0 Å². The highest BCUT2D eigenvalue weighted by molar-refractivity contribution is 5.44. The zero-order valence-electron chi connectivity index (χ0n) is 7.99. The Labute approximate surface area is 76.6 Å². The van der Waals surface area contributed by atoms with Crippen molar-refractivity contribution in [2.75, 3.05) is 5.73 Å². The Bertz CT molecular complexity index is 326. The molecular weight excluding hydrogens is 172 g/mol. The van der Waals surface area contributed by atoms with Crippen molar-refractivity contribution in [3.05, 3.63) is 29.3 Å². The van der Waals surface area contributed by atoms with Crippen LogP contribution in [-0.2, 0) is 5.41 Å². The minimum Gasteiger partial charge on any atom is -0.396 e. The molecule has 2 N–H and O–H groups in total. The predicted octanol–water partition coefficient (Wildman–Crippen LogP) is 2.84. The Morgan fingerprint density at radius 1 is 1.08 bits per heavy atom. The highest BCUT2D eigenvalue weighted by Gasteiger charge is 2.21. The van der Waals surface area contributed by atoms with E-state index in [0.717, 1.165) is 0 Å². The lowest BCUT2D eigenvalue weighted by Crippen LogP contribution is -2.15. The van der Waals surface area contributed by atoms with Crippen molar-refractivity contribution in [1.29, 1.82) is 0 Å². The van der Waals surface area contributed by atoms with E-state index >= 15 is 0 Å². The molecule has 0 aliphatic carbocycles. The van der Waals surface area contributed by atoms with Crippen molar-refractivity contribution in [2.24, 2.45) is 0 Å². The zero-order valence-corrected chi connectivity index (χ0v) is 7.99. The van der Waals surface area contributed by atoms with Crippen LogP contribution < -0.4 is 5.73 Å². The number of hydrogen-bond donors (Lipinski definition) is 1. The molecule has 13 heavy (non-hydrogen) atoms. The summed E-state index contributed by atoms with van der Waals surface area (Å²) in [6, 6.07) is 2.91. The second-order valence-corrected chi connectivity index (χ2v) is 4.08. The molecule has 1 rings (SSSR count). The first-order valence-electron chi connectivity index (χ1n) is 4.08. The van der Waals surface area contributed by atoms with Gasteiger partial charge in [-0.25, -0.2) is 8.78 Å². The van der Waals surface area contributed by atoms with Crippen LogP contribution in [-0.4, -0.2) is 0 Å². The summed E-state index contributed by atoms with van der Waals surface area (Å²) in [6.07, 6.45) is 0. The van der Waals surface area contributed by atoms with E-state index in [2.05, 4.69) is 0 Å². The molecule has 0 aliphatic heterocycles. The molecule has 72 valence electrons. The molecule has 1 nitrogen and oxygen atoms in total. The van der Waals surface area contributed by atoms with E-state index in [1.165, 1.54) is 12.1 Å². The molecule has 3 heteroatoms. The summed E-state index contributed by atoms with van der Waals surface area (Å²) in [5, 5.41) is 0. The van der Waals surface area contributed by atoms with Gasteiger partial charge in [-0.1, -0.05) is 26.8 Å². The standard InChI is InChI=1S/C10H13F2N/c1-10(2,3)6-4-5-7(13)9(12)8(6)11/h4-5H,13H2,1-3H3. The Morgan fingerprint density at radius 2 is 1.62 bits per heavy atom. The highest BCUT2D eigenvalue weighted by atomic mass is 19.2. The molecular formula is C10H13F2N. The van der Waals surface area contributed by atoms with Crippen molar-refractivity contribution in [1.82, 2.24) is 0 Å². The number of anilines is 1. The lowest BCUT2D eigenvalue weighted by molar-refractivity contribution is 0.467. The summed E-state index contributed by atoms with van der Waals surface area (Å²) in [7, 11) is 0. The van der Waals surface area contributed by atoms with Gasteiger partial charge >= 0.3 is 0 Å². The molecule has 0 bridgehead atoms. The Kier molecular flexibility index (Phi) is 2.28. The van der Waals surface area contributed by atoms with E-state index in [1.807, 2.05) is 20.8 Å². The summed E-state index contributed by atoms with van der Waals surface area (Å²) in [5.41, 5.74) is 5.01. The monoisotopic (exact) mass is 185 g/mol. The van der Waals surface area contributed by atoms with Crippen LogP contribution in [0.25, 0.3) is 0 Å². The van der Waals surface area contributed by atoms with Crippen LogP contribution in [0.4, 0.5) is 14.5 Å². The molecule has 0 radical (unpaired) electrons. The van der Waals surface area contributed by atoms with Crippen LogP contribution in [0.5, 0.6) is 0 Å². The van der Waals surface area contributed by atoms with Gasteiger partial charge in [0.2, 0.25) is 0 Å². The number of rotatable bonds is 0. The fourth-order valence-electron chi connectivity index (χ4n) is 1.14. The molecule has 0 amide bonds. The van der Waals surface area contributed by atoms with Gasteiger partial charge in [-0.2, -0.15) is 0 Å². The molecule has 0 spiro atoms. The van der Waals surface area contributed by atoms with Crippen molar-refractivity contribution >= 4 is 5.69 Å². The van der Waals surface area contributed by atoms with Gasteiger partial charge in [0.05, 0.1) is 5.69 Å². The molecule has 1 aromatic carbocycles. The first-order valence-corrected chi connectivity index (χ1v) is 4.08. The lowest BCUT2D eigenvalue weighted by Gasteiger charge is -2.20. The quantitative estimate of drug-likeness (QED) is 0.618. The first-order chi connectivity index (χ1) is 5.84.